The zero-order valence-corrected chi connectivity index (χ0v) is 15.8. The molecule has 2 amide bonds. The highest BCUT2D eigenvalue weighted by molar-refractivity contribution is 5.96. The second kappa shape index (κ2) is 10.1. The van der Waals surface area contributed by atoms with Crippen LogP contribution in [0.15, 0.2) is 84.9 Å². The van der Waals surface area contributed by atoms with E-state index < -0.39 is 6.04 Å². The molecule has 0 aliphatic rings. The number of amides is 2. The molecule has 0 saturated heterocycles. The topological polar surface area (TPSA) is 70.2 Å². The molecule has 0 spiro atoms. The summed E-state index contributed by atoms with van der Waals surface area (Å²) in [5.41, 5.74) is 2.20. The van der Waals surface area contributed by atoms with Gasteiger partial charge < -0.3 is 10.6 Å². The van der Waals surface area contributed by atoms with Crippen LogP contribution in [-0.2, 0) is 16.1 Å². The van der Waals surface area contributed by atoms with E-state index in [-0.39, 0.29) is 24.2 Å². The van der Waals surface area contributed by atoms with Crippen LogP contribution in [0.4, 0.5) is 10.1 Å². The number of carbonyl (C=O) groups excluding carboxylic acids is 2. The van der Waals surface area contributed by atoms with Gasteiger partial charge in [0, 0.05) is 12.2 Å². The van der Waals surface area contributed by atoms with Crippen molar-refractivity contribution in [2.45, 2.75) is 12.6 Å². The highest BCUT2D eigenvalue weighted by Gasteiger charge is 2.21. The maximum Gasteiger partial charge on any atom is 0.246 e. The van der Waals surface area contributed by atoms with E-state index in [1.54, 1.807) is 0 Å². The molecule has 0 aromatic heterocycles. The van der Waals surface area contributed by atoms with E-state index >= 15 is 0 Å². The Kier molecular flexibility index (Phi) is 7.08. The maximum absolute atomic E-state index is 13.1. The molecule has 0 heterocycles. The second-order valence-corrected chi connectivity index (χ2v) is 6.48. The van der Waals surface area contributed by atoms with Gasteiger partial charge in [0.2, 0.25) is 11.8 Å². The minimum atomic E-state index is -0.733. The molecule has 1 unspecified atom stereocenters. The summed E-state index contributed by atoms with van der Waals surface area (Å²) in [7, 11) is 0. The fourth-order valence-corrected chi connectivity index (χ4v) is 2.81. The van der Waals surface area contributed by atoms with E-state index in [9.17, 15) is 14.0 Å². The highest BCUT2D eigenvalue weighted by Crippen LogP contribution is 2.16. The molecule has 0 saturated carbocycles. The van der Waals surface area contributed by atoms with Crippen molar-refractivity contribution in [2.24, 2.45) is 0 Å². The van der Waals surface area contributed by atoms with Crippen LogP contribution in [0.1, 0.15) is 17.2 Å². The summed E-state index contributed by atoms with van der Waals surface area (Å²) in [5.74, 6) is -0.932. The second-order valence-electron chi connectivity index (χ2n) is 6.48. The molecule has 0 aliphatic heterocycles. The molecule has 1 atom stereocenters. The van der Waals surface area contributed by atoms with Crippen LogP contribution < -0.4 is 16.0 Å². The van der Waals surface area contributed by atoms with Gasteiger partial charge in [-0.3, -0.25) is 14.9 Å². The van der Waals surface area contributed by atoms with E-state index in [1.165, 1.54) is 24.3 Å². The lowest BCUT2D eigenvalue weighted by Crippen LogP contribution is -2.39. The molecule has 3 rings (SSSR count). The largest absolute Gasteiger partial charge is 0.351 e. The standard InChI is InChI=1S/C23H22FN3O2/c24-19-11-13-20(14-12-19)27-23(29)22(18-9-5-2-6-10-18)26-16-21(28)25-15-17-7-3-1-4-8-17/h1-14,22,26H,15-16H2,(H,25,28)(H,27,29). The fraction of sp³-hybridized carbons (Fsp3) is 0.130. The van der Waals surface area contributed by atoms with E-state index in [0.717, 1.165) is 11.1 Å². The van der Waals surface area contributed by atoms with Gasteiger partial charge in [-0.05, 0) is 35.4 Å². The number of anilines is 1. The zero-order valence-electron chi connectivity index (χ0n) is 15.8. The Morgan fingerprint density at radius 2 is 1.45 bits per heavy atom. The predicted octanol–water partition coefficient (Wildman–Crippen LogP) is 3.41. The van der Waals surface area contributed by atoms with Crippen molar-refractivity contribution < 1.29 is 14.0 Å². The molecule has 3 aromatic rings. The summed E-state index contributed by atoms with van der Waals surface area (Å²) in [5, 5.41) is 8.58. The van der Waals surface area contributed by atoms with Crippen LogP contribution in [0.25, 0.3) is 0 Å². The summed E-state index contributed by atoms with van der Waals surface area (Å²) in [4.78, 5) is 25.0. The van der Waals surface area contributed by atoms with E-state index in [1.807, 2.05) is 60.7 Å². The van der Waals surface area contributed by atoms with Crippen molar-refractivity contribution in [3.05, 3.63) is 102 Å². The molecule has 148 valence electrons. The van der Waals surface area contributed by atoms with Crippen molar-refractivity contribution in [3.63, 3.8) is 0 Å². The smallest absolute Gasteiger partial charge is 0.246 e. The minimum absolute atomic E-state index is 0.0246. The minimum Gasteiger partial charge on any atom is -0.351 e. The molecule has 0 bridgehead atoms. The molecular formula is C23H22FN3O2. The Balaban J connectivity index is 1.62. The first-order valence-electron chi connectivity index (χ1n) is 9.27. The number of carbonyl (C=O) groups is 2. The molecule has 29 heavy (non-hydrogen) atoms. The van der Waals surface area contributed by atoms with Gasteiger partial charge >= 0.3 is 0 Å². The van der Waals surface area contributed by atoms with Crippen molar-refractivity contribution >= 4 is 17.5 Å². The van der Waals surface area contributed by atoms with Crippen molar-refractivity contribution in [2.75, 3.05) is 11.9 Å². The van der Waals surface area contributed by atoms with Gasteiger partial charge in [0.25, 0.3) is 0 Å². The SMILES string of the molecule is O=C(CNC(C(=O)Nc1ccc(F)cc1)c1ccccc1)NCc1ccccc1. The monoisotopic (exact) mass is 391 g/mol. The summed E-state index contributed by atoms with van der Waals surface area (Å²) in [6, 6.07) is 23.5. The Morgan fingerprint density at radius 3 is 2.10 bits per heavy atom. The lowest BCUT2D eigenvalue weighted by atomic mass is 10.1. The van der Waals surface area contributed by atoms with Gasteiger partial charge in [-0.2, -0.15) is 0 Å². The van der Waals surface area contributed by atoms with Crippen LogP contribution in [0.3, 0.4) is 0 Å². The third-order valence-corrected chi connectivity index (χ3v) is 4.31. The molecule has 0 radical (unpaired) electrons. The number of benzene rings is 3. The lowest BCUT2D eigenvalue weighted by molar-refractivity contribution is -0.121. The number of nitrogens with one attached hydrogen (secondary N) is 3. The van der Waals surface area contributed by atoms with Gasteiger partial charge in [0.15, 0.2) is 0 Å². The average molecular weight is 391 g/mol. The first-order valence-corrected chi connectivity index (χ1v) is 9.27. The summed E-state index contributed by atoms with van der Waals surface area (Å²) in [6.45, 7) is 0.391. The van der Waals surface area contributed by atoms with E-state index in [4.69, 9.17) is 0 Å². The molecular weight excluding hydrogens is 369 g/mol. The summed E-state index contributed by atoms with van der Waals surface area (Å²) < 4.78 is 13.1. The molecule has 0 aliphatic carbocycles. The lowest BCUT2D eigenvalue weighted by Gasteiger charge is -2.19. The predicted molar refractivity (Wildman–Crippen MR) is 111 cm³/mol. The van der Waals surface area contributed by atoms with Crippen LogP contribution in [-0.4, -0.2) is 18.4 Å². The van der Waals surface area contributed by atoms with Gasteiger partial charge in [-0.15, -0.1) is 0 Å². The third-order valence-electron chi connectivity index (χ3n) is 4.31. The fourth-order valence-electron chi connectivity index (χ4n) is 2.81. The van der Waals surface area contributed by atoms with Gasteiger partial charge in [-0.1, -0.05) is 60.7 Å². The Morgan fingerprint density at radius 1 is 0.828 bits per heavy atom. The first-order chi connectivity index (χ1) is 14.1. The number of hydrogen-bond acceptors (Lipinski definition) is 3. The average Bonchev–Trinajstić information content (AvgIpc) is 2.75. The molecule has 5 nitrogen and oxygen atoms in total. The van der Waals surface area contributed by atoms with Crippen LogP contribution in [0.2, 0.25) is 0 Å². The van der Waals surface area contributed by atoms with Crippen LogP contribution in [0, 0.1) is 5.82 Å². The molecule has 0 fully saturated rings. The Bertz CT molecular complexity index is 931. The summed E-state index contributed by atoms with van der Waals surface area (Å²) in [6.07, 6.45) is 0. The van der Waals surface area contributed by atoms with E-state index in [0.29, 0.717) is 12.2 Å². The van der Waals surface area contributed by atoms with Crippen LogP contribution in [0.5, 0.6) is 0 Å². The van der Waals surface area contributed by atoms with Gasteiger partial charge in [0.05, 0.1) is 6.54 Å². The van der Waals surface area contributed by atoms with Gasteiger partial charge in [0.1, 0.15) is 11.9 Å². The Labute approximate surface area is 169 Å². The normalized spacial score (nSPS) is 11.5. The maximum atomic E-state index is 13.1. The number of rotatable bonds is 8. The quantitative estimate of drug-likeness (QED) is 0.551. The third kappa shape index (κ3) is 6.26. The van der Waals surface area contributed by atoms with Crippen LogP contribution >= 0.6 is 0 Å². The zero-order chi connectivity index (χ0) is 20.5. The highest BCUT2D eigenvalue weighted by atomic mass is 19.1. The number of halogens is 1. The van der Waals surface area contributed by atoms with Gasteiger partial charge in [-0.25, -0.2) is 4.39 Å². The van der Waals surface area contributed by atoms with E-state index in [2.05, 4.69) is 16.0 Å². The molecule has 3 N–H and O–H groups in total. The van der Waals surface area contributed by atoms with Crippen molar-refractivity contribution in [1.82, 2.24) is 10.6 Å². The Hall–Kier alpha value is -3.51. The van der Waals surface area contributed by atoms with Crippen molar-refractivity contribution in [3.8, 4) is 0 Å². The van der Waals surface area contributed by atoms with Crippen molar-refractivity contribution in [1.29, 1.82) is 0 Å². The molecule has 3 aromatic carbocycles. The first kappa shape index (κ1) is 20.2. The number of hydrogen-bond donors (Lipinski definition) is 3. The summed E-state index contributed by atoms with van der Waals surface area (Å²) >= 11 is 0. The molecule has 6 heteroatoms.